The summed E-state index contributed by atoms with van der Waals surface area (Å²) in [5.74, 6) is -0.394. The largest absolute Gasteiger partial charge is 0.330 e. The molecule has 1 aromatic rings. The van der Waals surface area contributed by atoms with E-state index in [2.05, 4.69) is 5.32 Å². The van der Waals surface area contributed by atoms with Crippen molar-refractivity contribution < 1.29 is 13.2 Å². The fraction of sp³-hybridized carbons (Fsp3) is 0.462. The molecule has 112 valence electrons. The number of primary sulfonamides is 1. The van der Waals surface area contributed by atoms with Crippen molar-refractivity contribution in [1.82, 2.24) is 0 Å². The van der Waals surface area contributed by atoms with Gasteiger partial charge in [-0.3, -0.25) is 4.79 Å². The second-order valence-corrected chi connectivity index (χ2v) is 6.44. The number of rotatable bonds is 7. The van der Waals surface area contributed by atoms with Crippen molar-refractivity contribution >= 4 is 21.6 Å². The number of carbonyl (C=O) groups is 1. The van der Waals surface area contributed by atoms with E-state index in [1.165, 1.54) is 0 Å². The molecule has 0 spiro atoms. The molecule has 0 radical (unpaired) electrons. The molecule has 0 saturated heterocycles. The van der Waals surface area contributed by atoms with Gasteiger partial charge in [-0.05, 0) is 37.1 Å². The van der Waals surface area contributed by atoms with Crippen molar-refractivity contribution in [2.75, 3.05) is 11.9 Å². The summed E-state index contributed by atoms with van der Waals surface area (Å²) in [6, 6.07) is 6.58. The first-order valence-electron chi connectivity index (χ1n) is 6.42. The van der Waals surface area contributed by atoms with Crippen LogP contribution in [0.5, 0.6) is 0 Å². The van der Waals surface area contributed by atoms with Gasteiger partial charge < -0.3 is 11.1 Å². The molecule has 0 bridgehead atoms. The van der Waals surface area contributed by atoms with E-state index < -0.39 is 10.0 Å². The van der Waals surface area contributed by atoms with Gasteiger partial charge in [-0.25, -0.2) is 13.6 Å². The van der Waals surface area contributed by atoms with E-state index in [1.807, 2.05) is 6.92 Å². The van der Waals surface area contributed by atoms with Crippen molar-refractivity contribution in [2.45, 2.75) is 25.5 Å². The van der Waals surface area contributed by atoms with Gasteiger partial charge in [0.2, 0.25) is 15.9 Å². The standard InChI is InChI=1S/C13H21N3O3S/c1-10(3-2-8-14)13(17)16-12-6-4-11(5-7-12)9-20(15,18)19/h4-7,10H,2-3,8-9,14H2,1H3,(H,16,17)(H2,15,18,19). The van der Waals surface area contributed by atoms with Crippen molar-refractivity contribution in [3.05, 3.63) is 29.8 Å². The van der Waals surface area contributed by atoms with Gasteiger partial charge in [0.15, 0.2) is 0 Å². The summed E-state index contributed by atoms with van der Waals surface area (Å²) >= 11 is 0. The van der Waals surface area contributed by atoms with Gasteiger partial charge in [-0.15, -0.1) is 0 Å². The maximum absolute atomic E-state index is 11.9. The zero-order chi connectivity index (χ0) is 15.2. The number of nitrogens with one attached hydrogen (secondary N) is 1. The summed E-state index contributed by atoms with van der Waals surface area (Å²) in [5, 5.41) is 7.74. The molecule has 0 aromatic heterocycles. The van der Waals surface area contributed by atoms with Crippen LogP contribution in [0.1, 0.15) is 25.3 Å². The molecule has 0 fully saturated rings. The third-order valence-corrected chi connectivity index (χ3v) is 3.61. The topological polar surface area (TPSA) is 115 Å². The van der Waals surface area contributed by atoms with E-state index in [4.69, 9.17) is 10.9 Å². The predicted octanol–water partition coefficient (Wildman–Crippen LogP) is 0.789. The second-order valence-electron chi connectivity index (χ2n) is 4.83. The lowest BCUT2D eigenvalue weighted by Gasteiger charge is -2.12. The first kappa shape index (κ1) is 16.6. The van der Waals surface area contributed by atoms with Gasteiger partial charge >= 0.3 is 0 Å². The molecule has 0 saturated carbocycles. The van der Waals surface area contributed by atoms with E-state index in [9.17, 15) is 13.2 Å². The van der Waals surface area contributed by atoms with Crippen LogP contribution in [0.15, 0.2) is 24.3 Å². The normalized spacial score (nSPS) is 12.9. The Bertz CT molecular complexity index is 540. The molecule has 1 aromatic carbocycles. The van der Waals surface area contributed by atoms with E-state index in [1.54, 1.807) is 24.3 Å². The Labute approximate surface area is 119 Å². The minimum Gasteiger partial charge on any atom is -0.330 e. The second kappa shape index (κ2) is 7.37. The quantitative estimate of drug-likeness (QED) is 0.690. The fourth-order valence-corrected chi connectivity index (χ4v) is 2.39. The van der Waals surface area contributed by atoms with Gasteiger partial charge in [-0.1, -0.05) is 19.1 Å². The number of nitrogens with two attached hydrogens (primary N) is 2. The molecule has 20 heavy (non-hydrogen) atoms. The number of benzene rings is 1. The van der Waals surface area contributed by atoms with Crippen LogP contribution in [0.2, 0.25) is 0 Å². The van der Waals surface area contributed by atoms with E-state index >= 15 is 0 Å². The maximum Gasteiger partial charge on any atom is 0.227 e. The summed E-state index contributed by atoms with van der Waals surface area (Å²) < 4.78 is 21.9. The van der Waals surface area contributed by atoms with Crippen molar-refractivity contribution in [3.63, 3.8) is 0 Å². The summed E-state index contributed by atoms with van der Waals surface area (Å²) in [6.07, 6.45) is 1.55. The van der Waals surface area contributed by atoms with Crippen LogP contribution in [0.3, 0.4) is 0 Å². The van der Waals surface area contributed by atoms with Crippen LogP contribution in [0, 0.1) is 5.92 Å². The lowest BCUT2D eigenvalue weighted by atomic mass is 10.0. The number of amides is 1. The van der Waals surface area contributed by atoms with Gasteiger partial charge in [0.05, 0.1) is 5.75 Å². The lowest BCUT2D eigenvalue weighted by molar-refractivity contribution is -0.119. The minimum atomic E-state index is -3.54. The number of hydrogen-bond acceptors (Lipinski definition) is 4. The monoisotopic (exact) mass is 299 g/mol. The molecule has 7 heteroatoms. The highest BCUT2D eigenvalue weighted by Gasteiger charge is 2.12. The van der Waals surface area contributed by atoms with Crippen LogP contribution in [-0.2, 0) is 20.6 Å². The average molecular weight is 299 g/mol. The molecular formula is C13H21N3O3S. The molecule has 1 atom stereocenters. The number of carbonyl (C=O) groups excluding carboxylic acids is 1. The molecule has 0 aliphatic carbocycles. The third kappa shape index (κ3) is 6.14. The molecule has 0 aliphatic heterocycles. The third-order valence-electron chi connectivity index (χ3n) is 2.88. The molecule has 0 heterocycles. The van der Waals surface area contributed by atoms with E-state index in [0.29, 0.717) is 17.8 Å². The Morgan fingerprint density at radius 3 is 2.40 bits per heavy atom. The number of hydrogen-bond donors (Lipinski definition) is 3. The molecule has 6 nitrogen and oxygen atoms in total. The molecular weight excluding hydrogens is 278 g/mol. The molecule has 1 unspecified atom stereocenters. The van der Waals surface area contributed by atoms with E-state index in [0.717, 1.165) is 12.8 Å². The van der Waals surface area contributed by atoms with Gasteiger partial charge in [0.25, 0.3) is 0 Å². The van der Waals surface area contributed by atoms with E-state index in [-0.39, 0.29) is 17.6 Å². The first-order valence-corrected chi connectivity index (χ1v) is 8.13. The van der Waals surface area contributed by atoms with Crippen LogP contribution in [-0.4, -0.2) is 20.9 Å². The maximum atomic E-state index is 11.9. The highest BCUT2D eigenvalue weighted by atomic mass is 32.2. The van der Waals surface area contributed by atoms with Crippen LogP contribution >= 0.6 is 0 Å². The Kier molecular flexibility index (Phi) is 6.12. The number of sulfonamides is 1. The van der Waals surface area contributed by atoms with Gasteiger partial charge in [0.1, 0.15) is 0 Å². The fourth-order valence-electron chi connectivity index (χ4n) is 1.74. The lowest BCUT2D eigenvalue weighted by Crippen LogP contribution is -2.21. The molecule has 1 rings (SSSR count). The smallest absolute Gasteiger partial charge is 0.227 e. The van der Waals surface area contributed by atoms with Crippen molar-refractivity contribution in [2.24, 2.45) is 16.8 Å². The van der Waals surface area contributed by atoms with Gasteiger partial charge in [-0.2, -0.15) is 0 Å². The first-order chi connectivity index (χ1) is 9.31. The zero-order valence-electron chi connectivity index (χ0n) is 11.5. The van der Waals surface area contributed by atoms with Crippen LogP contribution in [0.4, 0.5) is 5.69 Å². The van der Waals surface area contributed by atoms with Crippen LogP contribution < -0.4 is 16.2 Å². The van der Waals surface area contributed by atoms with Crippen molar-refractivity contribution in [3.8, 4) is 0 Å². The van der Waals surface area contributed by atoms with Crippen molar-refractivity contribution in [1.29, 1.82) is 0 Å². The van der Waals surface area contributed by atoms with Gasteiger partial charge in [0, 0.05) is 11.6 Å². The number of anilines is 1. The Hall–Kier alpha value is -1.44. The summed E-state index contributed by atoms with van der Waals surface area (Å²) in [5.41, 5.74) is 6.62. The highest BCUT2D eigenvalue weighted by molar-refractivity contribution is 7.88. The summed E-state index contributed by atoms with van der Waals surface area (Å²) in [6.45, 7) is 2.42. The highest BCUT2D eigenvalue weighted by Crippen LogP contribution is 2.14. The molecule has 5 N–H and O–H groups in total. The average Bonchev–Trinajstić information content (AvgIpc) is 2.36. The molecule has 0 aliphatic rings. The van der Waals surface area contributed by atoms with Crippen LogP contribution in [0.25, 0.3) is 0 Å². The SMILES string of the molecule is CC(CCCN)C(=O)Nc1ccc(CS(N)(=O)=O)cc1. The Morgan fingerprint density at radius 1 is 1.30 bits per heavy atom. The predicted molar refractivity (Wildman–Crippen MR) is 79.3 cm³/mol. The summed E-state index contributed by atoms with van der Waals surface area (Å²) in [7, 11) is -3.54. The summed E-state index contributed by atoms with van der Waals surface area (Å²) in [4.78, 5) is 11.9. The zero-order valence-corrected chi connectivity index (χ0v) is 12.3. The molecule has 1 amide bonds. The minimum absolute atomic E-state index is 0.0716. The Balaban J connectivity index is 2.59. The Morgan fingerprint density at radius 2 is 1.90 bits per heavy atom.